The van der Waals surface area contributed by atoms with Gasteiger partial charge in [-0.1, -0.05) is 33.1 Å². The molecule has 116 valence electrons. The van der Waals surface area contributed by atoms with Crippen LogP contribution in [0.3, 0.4) is 0 Å². The fraction of sp³-hybridized carbons (Fsp3) is 0.611. The number of hydrogen-bond acceptors (Lipinski definition) is 3. The highest BCUT2D eigenvalue weighted by atomic mass is 16.5. The Kier molecular flexibility index (Phi) is 9.32. The second kappa shape index (κ2) is 11.2. The van der Waals surface area contributed by atoms with E-state index in [0.717, 1.165) is 25.4 Å². The van der Waals surface area contributed by atoms with Gasteiger partial charge in [0.05, 0.1) is 18.2 Å². The van der Waals surface area contributed by atoms with Gasteiger partial charge in [-0.05, 0) is 36.6 Å². The van der Waals surface area contributed by atoms with Gasteiger partial charge < -0.3 is 9.47 Å². The van der Waals surface area contributed by atoms with Gasteiger partial charge in [-0.25, -0.2) is 0 Å². The summed E-state index contributed by atoms with van der Waals surface area (Å²) >= 11 is 0. The molecular weight excluding hydrogens is 262 g/mol. The van der Waals surface area contributed by atoms with Crippen molar-refractivity contribution in [3.63, 3.8) is 0 Å². The lowest BCUT2D eigenvalue weighted by atomic mass is 10.0. The zero-order valence-corrected chi connectivity index (χ0v) is 13.3. The molecule has 3 nitrogen and oxygen atoms in total. The molecule has 0 amide bonds. The molecule has 1 rings (SSSR count). The first-order chi connectivity index (χ1) is 10.3. The predicted molar refractivity (Wildman–Crippen MR) is 85.4 cm³/mol. The van der Waals surface area contributed by atoms with E-state index in [0.29, 0.717) is 18.1 Å². The van der Waals surface area contributed by atoms with E-state index in [4.69, 9.17) is 14.7 Å². The summed E-state index contributed by atoms with van der Waals surface area (Å²) in [5, 5.41) is 8.71. The van der Waals surface area contributed by atoms with Crippen LogP contribution in [0.15, 0.2) is 24.3 Å². The smallest absolute Gasteiger partial charge is 0.119 e. The van der Waals surface area contributed by atoms with Gasteiger partial charge in [-0.15, -0.1) is 0 Å². The molecule has 21 heavy (non-hydrogen) atoms. The first-order valence-corrected chi connectivity index (χ1v) is 8.00. The summed E-state index contributed by atoms with van der Waals surface area (Å²) in [6.07, 6.45) is 5.92. The summed E-state index contributed by atoms with van der Waals surface area (Å²) in [6, 6.07) is 9.29. The van der Waals surface area contributed by atoms with E-state index in [1.54, 1.807) is 12.1 Å². The SMILES string of the molecule is CCCCC(CC)COCCCOc1ccc(C#N)cc1. The number of nitriles is 1. The third-order valence-electron chi connectivity index (χ3n) is 3.58. The molecule has 1 unspecified atom stereocenters. The van der Waals surface area contributed by atoms with Crippen molar-refractivity contribution >= 4 is 0 Å². The van der Waals surface area contributed by atoms with Crippen LogP contribution in [0.25, 0.3) is 0 Å². The molecule has 3 heteroatoms. The first kappa shape index (κ1) is 17.5. The van der Waals surface area contributed by atoms with Crippen LogP contribution in [0.5, 0.6) is 5.75 Å². The van der Waals surface area contributed by atoms with Crippen molar-refractivity contribution in [3.8, 4) is 11.8 Å². The van der Waals surface area contributed by atoms with Gasteiger partial charge in [0.15, 0.2) is 0 Å². The van der Waals surface area contributed by atoms with Crippen molar-refractivity contribution in [2.45, 2.75) is 46.0 Å². The van der Waals surface area contributed by atoms with Crippen molar-refractivity contribution in [2.24, 2.45) is 5.92 Å². The minimum atomic E-state index is 0.650. The Morgan fingerprint density at radius 1 is 1.10 bits per heavy atom. The van der Waals surface area contributed by atoms with Crippen LogP contribution < -0.4 is 4.74 Å². The number of benzene rings is 1. The van der Waals surface area contributed by atoms with E-state index in [9.17, 15) is 0 Å². The Morgan fingerprint density at radius 3 is 2.48 bits per heavy atom. The van der Waals surface area contributed by atoms with Crippen LogP contribution >= 0.6 is 0 Å². The van der Waals surface area contributed by atoms with E-state index in [2.05, 4.69) is 19.9 Å². The van der Waals surface area contributed by atoms with Crippen LogP contribution in [0, 0.1) is 17.2 Å². The highest BCUT2D eigenvalue weighted by Crippen LogP contribution is 2.13. The molecule has 0 aliphatic heterocycles. The Balaban J connectivity index is 2.07. The van der Waals surface area contributed by atoms with Crippen LogP contribution in [0.4, 0.5) is 0 Å². The average molecular weight is 289 g/mol. The van der Waals surface area contributed by atoms with Crippen molar-refractivity contribution in [2.75, 3.05) is 19.8 Å². The third-order valence-corrected chi connectivity index (χ3v) is 3.58. The van der Waals surface area contributed by atoms with Crippen LogP contribution in [-0.2, 0) is 4.74 Å². The monoisotopic (exact) mass is 289 g/mol. The second-order valence-corrected chi connectivity index (χ2v) is 5.33. The highest BCUT2D eigenvalue weighted by Gasteiger charge is 2.05. The number of unbranched alkanes of at least 4 members (excludes halogenated alkanes) is 1. The molecule has 0 fully saturated rings. The van der Waals surface area contributed by atoms with E-state index in [-0.39, 0.29) is 0 Å². The molecule has 0 aliphatic rings. The number of rotatable bonds is 11. The maximum absolute atomic E-state index is 8.71. The molecule has 1 atom stereocenters. The minimum Gasteiger partial charge on any atom is -0.494 e. The van der Waals surface area contributed by atoms with E-state index < -0.39 is 0 Å². The summed E-state index contributed by atoms with van der Waals surface area (Å²) < 4.78 is 11.3. The Hall–Kier alpha value is -1.53. The Labute approximate surface area is 128 Å². The number of nitrogens with zero attached hydrogens (tertiary/aromatic N) is 1. The molecule has 0 spiro atoms. The van der Waals surface area contributed by atoms with E-state index in [1.807, 2.05) is 12.1 Å². The van der Waals surface area contributed by atoms with Crippen molar-refractivity contribution in [3.05, 3.63) is 29.8 Å². The van der Waals surface area contributed by atoms with Gasteiger partial charge in [0.2, 0.25) is 0 Å². The van der Waals surface area contributed by atoms with Gasteiger partial charge in [0.25, 0.3) is 0 Å². The Morgan fingerprint density at radius 2 is 1.86 bits per heavy atom. The normalized spacial score (nSPS) is 11.9. The standard InChI is InChI=1S/C18H27NO2/c1-3-5-7-16(4-2)15-20-12-6-13-21-18-10-8-17(14-19)9-11-18/h8-11,16H,3-7,12-13,15H2,1-2H3. The molecule has 0 aliphatic carbocycles. The summed E-state index contributed by atoms with van der Waals surface area (Å²) in [6.45, 7) is 6.73. The van der Waals surface area contributed by atoms with Gasteiger partial charge in [-0.2, -0.15) is 5.26 Å². The summed E-state index contributed by atoms with van der Waals surface area (Å²) in [5.74, 6) is 1.51. The maximum atomic E-state index is 8.71. The number of ether oxygens (including phenoxy) is 2. The Bertz CT molecular complexity index is 408. The van der Waals surface area contributed by atoms with Gasteiger partial charge in [-0.3, -0.25) is 0 Å². The number of hydrogen-bond donors (Lipinski definition) is 0. The quantitative estimate of drug-likeness (QED) is 0.561. The van der Waals surface area contributed by atoms with Crippen LogP contribution in [0.2, 0.25) is 0 Å². The molecule has 0 bridgehead atoms. The molecular formula is C18H27NO2. The topological polar surface area (TPSA) is 42.2 Å². The van der Waals surface area contributed by atoms with E-state index in [1.165, 1.54) is 25.7 Å². The molecule has 0 heterocycles. The fourth-order valence-corrected chi connectivity index (χ4v) is 2.12. The van der Waals surface area contributed by atoms with Crippen molar-refractivity contribution < 1.29 is 9.47 Å². The van der Waals surface area contributed by atoms with Gasteiger partial charge >= 0.3 is 0 Å². The lowest BCUT2D eigenvalue weighted by Gasteiger charge is -2.14. The lowest BCUT2D eigenvalue weighted by molar-refractivity contribution is 0.0842. The summed E-state index contributed by atoms with van der Waals surface area (Å²) in [4.78, 5) is 0. The zero-order chi connectivity index (χ0) is 15.3. The molecule has 0 saturated heterocycles. The highest BCUT2D eigenvalue weighted by molar-refractivity contribution is 5.34. The van der Waals surface area contributed by atoms with Gasteiger partial charge in [0, 0.05) is 19.6 Å². The molecule has 1 aromatic rings. The van der Waals surface area contributed by atoms with Crippen molar-refractivity contribution in [1.29, 1.82) is 5.26 Å². The third kappa shape index (κ3) is 7.72. The van der Waals surface area contributed by atoms with Gasteiger partial charge in [0.1, 0.15) is 5.75 Å². The molecule has 0 aromatic heterocycles. The van der Waals surface area contributed by atoms with Crippen molar-refractivity contribution in [1.82, 2.24) is 0 Å². The molecule has 0 saturated carbocycles. The molecule has 0 N–H and O–H groups in total. The summed E-state index contributed by atoms with van der Waals surface area (Å²) in [7, 11) is 0. The molecule has 0 radical (unpaired) electrons. The van der Waals surface area contributed by atoms with E-state index >= 15 is 0 Å². The lowest BCUT2D eigenvalue weighted by Crippen LogP contribution is -2.11. The largest absolute Gasteiger partial charge is 0.494 e. The first-order valence-electron chi connectivity index (χ1n) is 8.00. The second-order valence-electron chi connectivity index (χ2n) is 5.33. The predicted octanol–water partition coefficient (Wildman–Crippen LogP) is 4.56. The maximum Gasteiger partial charge on any atom is 0.119 e. The minimum absolute atomic E-state index is 0.650. The van der Waals surface area contributed by atoms with Crippen LogP contribution in [0.1, 0.15) is 51.5 Å². The fourth-order valence-electron chi connectivity index (χ4n) is 2.12. The van der Waals surface area contributed by atoms with Crippen LogP contribution in [-0.4, -0.2) is 19.8 Å². The molecule has 1 aromatic carbocycles. The average Bonchev–Trinajstić information content (AvgIpc) is 2.54. The summed E-state index contributed by atoms with van der Waals surface area (Å²) in [5.41, 5.74) is 0.656. The zero-order valence-electron chi connectivity index (χ0n) is 13.3.